The first-order chi connectivity index (χ1) is 6.92. The highest BCUT2D eigenvalue weighted by molar-refractivity contribution is 5.53. The number of isocyanates is 1. The van der Waals surface area contributed by atoms with E-state index in [1.807, 2.05) is 0 Å². The molecule has 0 spiro atoms. The molecule has 0 aromatic heterocycles. The second kappa shape index (κ2) is 3.59. The van der Waals surface area contributed by atoms with Crippen molar-refractivity contribution < 1.29 is 4.79 Å². The van der Waals surface area contributed by atoms with Crippen molar-refractivity contribution in [3.63, 3.8) is 0 Å². The molecular formula is C8H5N5O. The zero-order valence-electron chi connectivity index (χ0n) is 7.03. The lowest BCUT2D eigenvalue weighted by atomic mass is 10.4. The van der Waals surface area contributed by atoms with Gasteiger partial charge in [0.2, 0.25) is 6.08 Å². The topological polar surface area (TPSA) is 73.0 Å². The Kier molecular flexibility index (Phi) is 2.12. The first kappa shape index (κ1) is 8.28. The number of aromatic nitrogens is 4. The monoisotopic (exact) mass is 187 g/mol. The maximum atomic E-state index is 9.81. The Morgan fingerprint density at radius 3 is 3.29 bits per heavy atom. The second-order valence-electron chi connectivity index (χ2n) is 2.40. The fourth-order valence-electron chi connectivity index (χ4n) is 1.03. The lowest BCUT2D eigenvalue weighted by Gasteiger charge is -2.01. The van der Waals surface area contributed by atoms with Gasteiger partial charge in [-0.1, -0.05) is 0 Å². The molecule has 0 N–H and O–H groups in total. The Bertz CT molecular complexity index is 482. The average Bonchev–Trinajstić information content (AvgIpc) is 2.67. The van der Waals surface area contributed by atoms with Crippen LogP contribution in [0.4, 0.5) is 0 Å². The number of nitrogens with zero attached hydrogens (tertiary/aromatic N) is 5. The molecule has 68 valence electrons. The van der Waals surface area contributed by atoms with Gasteiger partial charge in [-0.15, -0.1) is 0 Å². The first-order valence-corrected chi connectivity index (χ1v) is 3.78. The van der Waals surface area contributed by atoms with E-state index >= 15 is 0 Å². The van der Waals surface area contributed by atoms with Crippen molar-refractivity contribution >= 4 is 12.3 Å². The molecule has 2 rings (SSSR count). The predicted molar refractivity (Wildman–Crippen MR) is 47.9 cm³/mol. The minimum atomic E-state index is 0.664. The lowest BCUT2D eigenvalue weighted by Crippen LogP contribution is -1.96. The van der Waals surface area contributed by atoms with Crippen molar-refractivity contribution in [2.75, 3.05) is 0 Å². The quantitative estimate of drug-likeness (QED) is 0.508. The van der Waals surface area contributed by atoms with E-state index in [1.54, 1.807) is 23.3 Å². The standard InChI is InChI=1S/C8H5N5O/c14-6-9-1-2-13-5-10-3-7-8(13)12-4-11-7/h1-5H. The molecule has 2 heterocycles. The van der Waals surface area contributed by atoms with Crippen molar-refractivity contribution in [3.05, 3.63) is 25.1 Å². The molecule has 0 aromatic rings. The maximum Gasteiger partial charge on any atom is 0.239 e. The van der Waals surface area contributed by atoms with Gasteiger partial charge in [0.25, 0.3) is 0 Å². The summed E-state index contributed by atoms with van der Waals surface area (Å²) in [6.07, 6.45) is 8.86. The smallest absolute Gasteiger partial charge is 0.239 e. The van der Waals surface area contributed by atoms with Crippen LogP contribution in [0.5, 0.6) is 0 Å². The van der Waals surface area contributed by atoms with Crippen LogP contribution in [0.25, 0.3) is 17.7 Å². The molecule has 0 fully saturated rings. The highest BCUT2D eigenvalue weighted by Gasteiger charge is 2.07. The molecule has 0 aromatic carbocycles. The predicted octanol–water partition coefficient (Wildman–Crippen LogP) is 0.542. The van der Waals surface area contributed by atoms with Crippen LogP contribution in [0.15, 0.2) is 30.0 Å². The van der Waals surface area contributed by atoms with Crippen molar-refractivity contribution in [1.82, 2.24) is 19.5 Å². The van der Waals surface area contributed by atoms with E-state index in [2.05, 4.69) is 19.9 Å². The van der Waals surface area contributed by atoms with E-state index in [1.165, 1.54) is 18.6 Å². The molecular weight excluding hydrogens is 182 g/mol. The van der Waals surface area contributed by atoms with Gasteiger partial charge >= 0.3 is 0 Å². The molecule has 0 unspecified atom stereocenters. The fraction of sp³-hybridized carbons (Fsp3) is 0. The summed E-state index contributed by atoms with van der Waals surface area (Å²) in [6.45, 7) is 0. The van der Waals surface area contributed by atoms with Crippen molar-refractivity contribution in [1.29, 1.82) is 0 Å². The number of imidazole rings is 1. The van der Waals surface area contributed by atoms with Gasteiger partial charge in [-0.3, -0.25) is 4.57 Å². The van der Waals surface area contributed by atoms with Gasteiger partial charge in [-0.2, -0.15) is 4.99 Å². The third-order valence-electron chi connectivity index (χ3n) is 1.59. The van der Waals surface area contributed by atoms with Crippen molar-refractivity contribution in [2.45, 2.75) is 0 Å². The van der Waals surface area contributed by atoms with Crippen LogP contribution >= 0.6 is 0 Å². The number of fused-ring (bicyclic) bond motifs is 1. The van der Waals surface area contributed by atoms with Gasteiger partial charge in [0, 0.05) is 6.20 Å². The zero-order chi connectivity index (χ0) is 9.80. The second-order valence-corrected chi connectivity index (χ2v) is 2.40. The van der Waals surface area contributed by atoms with Crippen LogP contribution in [0, 0.1) is 0 Å². The molecule has 0 saturated carbocycles. The number of carbonyl (C=O) groups excluding carboxylic acids is 1. The third kappa shape index (κ3) is 1.41. The van der Waals surface area contributed by atoms with E-state index in [4.69, 9.17) is 0 Å². The number of hydrogen-bond acceptors (Lipinski definition) is 5. The Morgan fingerprint density at radius 2 is 2.43 bits per heavy atom. The van der Waals surface area contributed by atoms with Crippen LogP contribution in [0.2, 0.25) is 0 Å². The molecule has 14 heavy (non-hydrogen) atoms. The van der Waals surface area contributed by atoms with E-state index in [-0.39, 0.29) is 0 Å². The largest absolute Gasteiger partial charge is 0.289 e. The van der Waals surface area contributed by atoms with Crippen LogP contribution in [0.1, 0.15) is 0 Å². The maximum absolute atomic E-state index is 9.81. The number of hydrogen-bond donors (Lipinski definition) is 0. The highest BCUT2D eigenvalue weighted by Crippen LogP contribution is 2.14. The minimum Gasteiger partial charge on any atom is -0.289 e. The minimum absolute atomic E-state index is 0.664. The summed E-state index contributed by atoms with van der Waals surface area (Å²) in [5.41, 5.74) is 0.687. The normalized spacial score (nSPS) is 10.6. The van der Waals surface area contributed by atoms with Crippen LogP contribution < -0.4 is 0 Å². The Balaban J connectivity index is 2.43. The summed E-state index contributed by atoms with van der Waals surface area (Å²) in [5.74, 6) is 0.664. The van der Waals surface area contributed by atoms with Crippen LogP contribution in [-0.4, -0.2) is 25.6 Å². The van der Waals surface area contributed by atoms with E-state index in [9.17, 15) is 4.79 Å². The molecule has 0 saturated heterocycles. The van der Waals surface area contributed by atoms with Gasteiger partial charge in [0.1, 0.15) is 18.3 Å². The summed E-state index contributed by atoms with van der Waals surface area (Å²) in [4.78, 5) is 25.0. The molecule has 0 bridgehead atoms. The lowest BCUT2D eigenvalue weighted by molar-refractivity contribution is 0.565. The van der Waals surface area contributed by atoms with E-state index < -0.39 is 0 Å². The molecule has 0 amide bonds. The summed E-state index contributed by atoms with van der Waals surface area (Å²) in [5, 5.41) is 0. The average molecular weight is 187 g/mol. The molecule has 0 atom stereocenters. The Hall–Kier alpha value is -2.33. The van der Waals surface area contributed by atoms with E-state index in [0.717, 1.165) is 0 Å². The van der Waals surface area contributed by atoms with Gasteiger partial charge in [0.15, 0.2) is 5.82 Å². The number of aliphatic imine (C=N–C) groups is 1. The number of rotatable bonds is 2. The molecule has 6 heteroatoms. The van der Waals surface area contributed by atoms with E-state index in [0.29, 0.717) is 11.5 Å². The summed E-state index contributed by atoms with van der Waals surface area (Å²) in [6, 6.07) is 0. The van der Waals surface area contributed by atoms with Crippen LogP contribution in [0.3, 0.4) is 0 Å². The molecule has 0 radical (unpaired) electrons. The van der Waals surface area contributed by atoms with Crippen LogP contribution in [-0.2, 0) is 4.79 Å². The highest BCUT2D eigenvalue weighted by atomic mass is 16.1. The molecule has 6 nitrogen and oxygen atoms in total. The summed E-state index contributed by atoms with van der Waals surface area (Å²) in [7, 11) is 0. The van der Waals surface area contributed by atoms with Gasteiger partial charge in [0.05, 0.1) is 12.4 Å². The third-order valence-corrected chi connectivity index (χ3v) is 1.59. The Labute approximate surface area is 79.0 Å². The SMILES string of the molecule is O=C=NC=Cn1cncc2ncnc1-2. The zero-order valence-corrected chi connectivity index (χ0v) is 7.03. The first-order valence-electron chi connectivity index (χ1n) is 3.78. The molecule has 2 aliphatic rings. The summed E-state index contributed by atoms with van der Waals surface area (Å²) >= 11 is 0. The summed E-state index contributed by atoms with van der Waals surface area (Å²) < 4.78 is 1.61. The fourth-order valence-corrected chi connectivity index (χ4v) is 1.03. The van der Waals surface area contributed by atoms with Crippen molar-refractivity contribution in [3.8, 4) is 11.5 Å². The molecule has 2 aliphatic heterocycles. The van der Waals surface area contributed by atoms with Crippen molar-refractivity contribution in [2.24, 2.45) is 4.99 Å². The van der Waals surface area contributed by atoms with Gasteiger partial charge < -0.3 is 0 Å². The van der Waals surface area contributed by atoms with Gasteiger partial charge in [-0.25, -0.2) is 19.7 Å². The van der Waals surface area contributed by atoms with Gasteiger partial charge in [-0.05, 0) is 0 Å². The molecule has 0 aliphatic carbocycles. The Morgan fingerprint density at radius 1 is 1.50 bits per heavy atom.